The zero-order valence-corrected chi connectivity index (χ0v) is 7.91. The van der Waals surface area contributed by atoms with Gasteiger partial charge in [-0.25, -0.2) is 4.79 Å². The second-order valence-electron chi connectivity index (χ2n) is 3.44. The molecule has 13 heavy (non-hydrogen) atoms. The summed E-state index contributed by atoms with van der Waals surface area (Å²) in [6.07, 6.45) is 0.861. The van der Waals surface area contributed by atoms with Gasteiger partial charge in [0.1, 0.15) is 12.7 Å². The summed E-state index contributed by atoms with van der Waals surface area (Å²) >= 11 is 0. The number of ether oxygens (including phenoxy) is 3. The van der Waals surface area contributed by atoms with Crippen LogP contribution in [-0.2, 0) is 19.0 Å². The minimum absolute atomic E-state index is 0.188. The average molecular weight is 186 g/mol. The molecule has 74 valence electrons. The lowest BCUT2D eigenvalue weighted by Gasteiger charge is -2.25. The second-order valence-corrected chi connectivity index (χ2v) is 3.44. The molecule has 0 spiro atoms. The van der Waals surface area contributed by atoms with E-state index < -0.39 is 11.9 Å². The van der Waals surface area contributed by atoms with Gasteiger partial charge in [-0.3, -0.25) is 0 Å². The van der Waals surface area contributed by atoms with Gasteiger partial charge in [0.15, 0.2) is 11.9 Å². The minimum Gasteiger partial charge on any atom is -0.461 e. The summed E-state index contributed by atoms with van der Waals surface area (Å²) in [5, 5.41) is 0. The fourth-order valence-electron chi connectivity index (χ4n) is 1.82. The fraction of sp³-hybridized carbons (Fsp3) is 0.889. The minimum atomic E-state index is -0.547. The molecule has 0 saturated carbocycles. The summed E-state index contributed by atoms with van der Waals surface area (Å²) in [7, 11) is 0. The Labute approximate surface area is 77.1 Å². The van der Waals surface area contributed by atoms with E-state index in [4.69, 9.17) is 14.2 Å². The smallest absolute Gasteiger partial charge is 0.338 e. The third kappa shape index (κ3) is 1.25. The molecule has 4 nitrogen and oxygen atoms in total. The van der Waals surface area contributed by atoms with Crippen molar-refractivity contribution in [3.8, 4) is 0 Å². The summed E-state index contributed by atoms with van der Waals surface area (Å²) in [5.74, 6) is -0.830. The highest BCUT2D eigenvalue weighted by Gasteiger charge is 2.53. The van der Waals surface area contributed by atoms with Gasteiger partial charge in [0, 0.05) is 0 Å². The molecule has 0 aromatic carbocycles. The van der Waals surface area contributed by atoms with Crippen LogP contribution in [0.25, 0.3) is 0 Å². The van der Waals surface area contributed by atoms with Crippen LogP contribution in [0, 0.1) is 0 Å². The number of cyclic esters (lactones) is 1. The molecule has 2 aliphatic heterocycles. The molecule has 0 aromatic heterocycles. The molecule has 0 bridgehead atoms. The first kappa shape index (κ1) is 8.97. The van der Waals surface area contributed by atoms with Crippen molar-refractivity contribution >= 4 is 5.97 Å². The van der Waals surface area contributed by atoms with Crippen molar-refractivity contribution in [2.45, 2.75) is 44.7 Å². The number of fused-ring (bicyclic) bond motifs is 1. The molecular weight excluding hydrogens is 172 g/mol. The standard InChI is InChI=1S/C9H14O4/c1-3-9(4-2)12-6-5-11-8(10)7(6)13-9/h6-7H,3-5H2,1-2H3/t6-,7-/m0/s1. The van der Waals surface area contributed by atoms with Gasteiger partial charge in [0.25, 0.3) is 0 Å². The number of carbonyl (C=O) groups excluding carboxylic acids is 1. The van der Waals surface area contributed by atoms with Crippen molar-refractivity contribution in [1.29, 1.82) is 0 Å². The van der Waals surface area contributed by atoms with Crippen LogP contribution in [0.2, 0.25) is 0 Å². The summed E-state index contributed by atoms with van der Waals surface area (Å²) < 4.78 is 16.1. The molecule has 4 heteroatoms. The predicted molar refractivity (Wildman–Crippen MR) is 44.0 cm³/mol. The highest BCUT2D eigenvalue weighted by Crippen LogP contribution is 2.37. The van der Waals surface area contributed by atoms with Crippen LogP contribution in [-0.4, -0.2) is 30.6 Å². The van der Waals surface area contributed by atoms with Crippen LogP contribution >= 0.6 is 0 Å². The van der Waals surface area contributed by atoms with E-state index in [-0.39, 0.29) is 12.1 Å². The molecule has 2 fully saturated rings. The first-order valence-electron chi connectivity index (χ1n) is 4.73. The number of rotatable bonds is 2. The lowest BCUT2D eigenvalue weighted by molar-refractivity contribution is -0.198. The maximum atomic E-state index is 11.1. The molecule has 2 rings (SSSR count). The van der Waals surface area contributed by atoms with Crippen LogP contribution in [0.1, 0.15) is 26.7 Å². The molecule has 0 radical (unpaired) electrons. The first-order valence-corrected chi connectivity index (χ1v) is 4.73. The summed E-state index contributed by atoms with van der Waals surface area (Å²) in [6.45, 7) is 4.33. The zero-order chi connectivity index (χ0) is 9.47. The lowest BCUT2D eigenvalue weighted by atomic mass is 10.1. The van der Waals surface area contributed by atoms with Crippen molar-refractivity contribution in [1.82, 2.24) is 0 Å². The summed E-state index contributed by atoms with van der Waals surface area (Å²) in [5.41, 5.74) is 0. The zero-order valence-electron chi connectivity index (χ0n) is 7.91. The normalized spacial score (nSPS) is 36.0. The van der Waals surface area contributed by atoms with Crippen LogP contribution in [0.4, 0.5) is 0 Å². The predicted octanol–water partition coefficient (Wildman–Crippen LogP) is 0.843. The van der Waals surface area contributed by atoms with Crippen molar-refractivity contribution in [2.24, 2.45) is 0 Å². The average Bonchev–Trinajstić information content (AvgIpc) is 2.67. The molecule has 2 heterocycles. The molecule has 0 unspecified atom stereocenters. The second kappa shape index (κ2) is 2.96. The maximum absolute atomic E-state index is 11.1. The lowest BCUT2D eigenvalue weighted by Crippen LogP contribution is -2.31. The Kier molecular flexibility index (Phi) is 2.04. The van der Waals surface area contributed by atoms with Crippen molar-refractivity contribution in [3.05, 3.63) is 0 Å². The Hall–Kier alpha value is -0.610. The van der Waals surface area contributed by atoms with E-state index in [1.165, 1.54) is 0 Å². The van der Waals surface area contributed by atoms with Crippen LogP contribution < -0.4 is 0 Å². The molecule has 2 atom stereocenters. The molecule has 0 amide bonds. The van der Waals surface area contributed by atoms with E-state index in [0.717, 1.165) is 12.8 Å². The molecule has 2 saturated heterocycles. The topological polar surface area (TPSA) is 44.8 Å². The Morgan fingerprint density at radius 1 is 1.38 bits per heavy atom. The van der Waals surface area contributed by atoms with E-state index in [1.54, 1.807) is 0 Å². The quantitative estimate of drug-likeness (QED) is 0.599. The summed E-state index contributed by atoms with van der Waals surface area (Å²) in [6, 6.07) is 0. The summed E-state index contributed by atoms with van der Waals surface area (Å²) in [4.78, 5) is 11.1. The van der Waals surface area contributed by atoms with E-state index >= 15 is 0 Å². The Bertz CT molecular complexity index is 222. The van der Waals surface area contributed by atoms with Gasteiger partial charge >= 0.3 is 5.97 Å². The number of carbonyl (C=O) groups is 1. The van der Waals surface area contributed by atoms with Crippen LogP contribution in [0.3, 0.4) is 0 Å². The van der Waals surface area contributed by atoms with E-state index in [2.05, 4.69) is 0 Å². The fourth-order valence-corrected chi connectivity index (χ4v) is 1.82. The van der Waals surface area contributed by atoms with Gasteiger partial charge in [-0.05, 0) is 12.8 Å². The van der Waals surface area contributed by atoms with Gasteiger partial charge in [-0.2, -0.15) is 0 Å². The van der Waals surface area contributed by atoms with Crippen molar-refractivity contribution in [2.75, 3.05) is 6.61 Å². The Morgan fingerprint density at radius 3 is 2.62 bits per heavy atom. The molecule has 0 aromatic rings. The highest BCUT2D eigenvalue weighted by atomic mass is 16.8. The van der Waals surface area contributed by atoms with Gasteiger partial charge in [-0.15, -0.1) is 0 Å². The van der Waals surface area contributed by atoms with Gasteiger partial charge in [0.2, 0.25) is 0 Å². The largest absolute Gasteiger partial charge is 0.461 e. The van der Waals surface area contributed by atoms with Crippen molar-refractivity contribution < 1.29 is 19.0 Å². The third-order valence-electron chi connectivity index (χ3n) is 2.75. The number of esters is 1. The van der Waals surface area contributed by atoms with Crippen molar-refractivity contribution in [3.63, 3.8) is 0 Å². The van der Waals surface area contributed by atoms with Gasteiger partial charge < -0.3 is 14.2 Å². The molecule has 0 N–H and O–H groups in total. The highest BCUT2D eigenvalue weighted by molar-refractivity contribution is 5.78. The number of hydrogen-bond donors (Lipinski definition) is 0. The first-order chi connectivity index (χ1) is 6.21. The van der Waals surface area contributed by atoms with Crippen LogP contribution in [0.15, 0.2) is 0 Å². The van der Waals surface area contributed by atoms with E-state index in [9.17, 15) is 4.79 Å². The van der Waals surface area contributed by atoms with Crippen LogP contribution in [0.5, 0.6) is 0 Å². The SMILES string of the molecule is CCC1(CC)O[C@H]2COC(=O)[C@H]2O1. The van der Waals surface area contributed by atoms with E-state index in [1.807, 2.05) is 13.8 Å². The Balaban J connectivity index is 2.12. The van der Waals surface area contributed by atoms with Gasteiger partial charge in [-0.1, -0.05) is 13.8 Å². The Morgan fingerprint density at radius 2 is 2.08 bits per heavy atom. The van der Waals surface area contributed by atoms with E-state index in [0.29, 0.717) is 6.61 Å². The van der Waals surface area contributed by atoms with Gasteiger partial charge in [0.05, 0.1) is 0 Å². The molecule has 0 aliphatic carbocycles. The number of hydrogen-bond acceptors (Lipinski definition) is 4. The monoisotopic (exact) mass is 186 g/mol. The third-order valence-corrected chi connectivity index (χ3v) is 2.75. The maximum Gasteiger partial charge on any atom is 0.338 e. The molecule has 2 aliphatic rings. The molecular formula is C9H14O4.